The normalized spacial score (nSPS) is 12.6. The van der Waals surface area contributed by atoms with Crippen LogP contribution < -0.4 is 8.90 Å². The Morgan fingerprint density at radius 2 is 1.29 bits per heavy atom. The molecular formula is C26H43NO6Sn. The first-order chi connectivity index (χ1) is 15.3. The quantitative estimate of drug-likeness (QED) is 0.296. The zero-order valence-corrected chi connectivity index (χ0v) is 25.6. The van der Waals surface area contributed by atoms with Crippen molar-refractivity contribution in [1.29, 1.82) is 0 Å². The van der Waals surface area contributed by atoms with E-state index in [1.807, 2.05) is 0 Å². The Bertz CT molecular complexity index is 785. The molecule has 1 unspecified atom stereocenters. The summed E-state index contributed by atoms with van der Waals surface area (Å²) in [5.74, 6) is -1.08. The second-order valence-electron chi connectivity index (χ2n) is 11.0. The fraction of sp³-hybridized carbons (Fsp3) is 0.654. The predicted molar refractivity (Wildman–Crippen MR) is 137 cm³/mol. The van der Waals surface area contributed by atoms with Crippen molar-refractivity contribution >= 4 is 42.8 Å². The molecule has 34 heavy (non-hydrogen) atoms. The molecule has 1 amide bonds. The van der Waals surface area contributed by atoms with Crippen molar-refractivity contribution in [2.45, 2.75) is 110 Å². The van der Waals surface area contributed by atoms with Crippen molar-refractivity contribution in [2.75, 3.05) is 0 Å². The van der Waals surface area contributed by atoms with E-state index in [0.29, 0.717) is 0 Å². The van der Waals surface area contributed by atoms with Gasteiger partial charge in [-0.3, -0.25) is 4.79 Å². The fourth-order valence-electron chi connectivity index (χ4n) is 2.45. The van der Waals surface area contributed by atoms with Crippen LogP contribution in [0.15, 0.2) is 24.3 Å². The van der Waals surface area contributed by atoms with E-state index < -0.39 is 40.9 Å². The van der Waals surface area contributed by atoms with Crippen LogP contribution in [0.25, 0.3) is 0 Å². The maximum absolute atomic E-state index is 12.3. The first-order valence-corrected chi connectivity index (χ1v) is 15.8. The van der Waals surface area contributed by atoms with Gasteiger partial charge in [-0.2, -0.15) is 0 Å². The molecule has 0 heterocycles. The zero-order chi connectivity index (χ0) is 26.7. The van der Waals surface area contributed by atoms with Gasteiger partial charge in [0.2, 0.25) is 0 Å². The molecule has 1 rings (SSSR count). The number of nitrogens with one attached hydrogen (secondary N) is 1. The van der Waals surface area contributed by atoms with E-state index in [-0.39, 0.29) is 34.0 Å². The average molecular weight is 584 g/mol. The van der Waals surface area contributed by atoms with Crippen molar-refractivity contribution in [3.05, 3.63) is 29.8 Å². The summed E-state index contributed by atoms with van der Waals surface area (Å²) in [5, 5.41) is 2.47. The molecule has 0 aliphatic rings. The molecule has 7 nitrogen and oxygen atoms in total. The van der Waals surface area contributed by atoms with Crippen molar-refractivity contribution in [1.82, 2.24) is 5.32 Å². The molecular weight excluding hydrogens is 541 g/mol. The number of carbonyl (C=O) groups excluding carboxylic acids is 3. The van der Waals surface area contributed by atoms with Gasteiger partial charge >= 0.3 is 84.4 Å². The predicted octanol–water partition coefficient (Wildman–Crippen LogP) is 4.72. The number of esters is 2. The van der Waals surface area contributed by atoms with Gasteiger partial charge < -0.3 is 19.5 Å². The number of alkyl carbamates (subject to hydrolysis) is 1. The maximum atomic E-state index is 12.3. The number of amides is 1. The van der Waals surface area contributed by atoms with Gasteiger partial charge in [0.25, 0.3) is 0 Å². The van der Waals surface area contributed by atoms with Crippen LogP contribution in [0.2, 0.25) is 4.94 Å². The van der Waals surface area contributed by atoms with Crippen LogP contribution in [-0.2, 0) is 23.8 Å². The number of carbonyl (C=O) groups is 3. The van der Waals surface area contributed by atoms with Gasteiger partial charge in [-0.25, -0.2) is 9.59 Å². The molecule has 2 radical (unpaired) electrons. The average Bonchev–Trinajstić information content (AvgIpc) is 2.62. The molecule has 1 atom stereocenters. The van der Waals surface area contributed by atoms with Gasteiger partial charge in [0.05, 0.1) is 0 Å². The number of benzene rings is 1. The second kappa shape index (κ2) is 13.9. The van der Waals surface area contributed by atoms with Gasteiger partial charge in [-0.05, 0) is 68.7 Å². The molecule has 0 bridgehead atoms. The SMILES string of the molecule is CC(C)(C)OC(=O)CCC(NC(=O)OC(C)(C)C)C(=O)OC(C)(C)C.[CH3][Sn][c]1ccc(C)cc1. The van der Waals surface area contributed by atoms with Crippen LogP contribution in [0.3, 0.4) is 0 Å². The topological polar surface area (TPSA) is 90.9 Å². The summed E-state index contributed by atoms with van der Waals surface area (Å²) < 4.78 is 17.3. The summed E-state index contributed by atoms with van der Waals surface area (Å²) in [4.78, 5) is 38.5. The molecule has 0 saturated heterocycles. The Balaban J connectivity index is 0.000000999. The molecule has 1 aromatic rings. The first-order valence-electron chi connectivity index (χ1n) is 11.5. The van der Waals surface area contributed by atoms with Crippen molar-refractivity contribution < 1.29 is 28.6 Å². The van der Waals surface area contributed by atoms with E-state index in [0.717, 1.165) is 0 Å². The number of aryl methyl sites for hydroxylation is 1. The minimum atomic E-state index is -0.999. The summed E-state index contributed by atoms with van der Waals surface area (Å²) in [6, 6.07) is 7.89. The van der Waals surface area contributed by atoms with Crippen LogP contribution in [0.4, 0.5) is 4.79 Å². The third kappa shape index (κ3) is 17.7. The van der Waals surface area contributed by atoms with E-state index in [4.69, 9.17) is 14.2 Å². The summed E-state index contributed by atoms with van der Waals surface area (Å²) in [7, 11) is 0. The van der Waals surface area contributed by atoms with E-state index in [1.165, 1.54) is 5.56 Å². The summed E-state index contributed by atoms with van der Waals surface area (Å²) in [5.41, 5.74) is -0.659. The Kier molecular flexibility index (Phi) is 13.2. The number of hydrogen-bond donors (Lipinski definition) is 1. The molecule has 0 fully saturated rings. The van der Waals surface area contributed by atoms with E-state index in [2.05, 4.69) is 41.4 Å². The van der Waals surface area contributed by atoms with Crippen LogP contribution in [-0.4, -0.2) is 62.0 Å². The summed E-state index contributed by atoms with van der Waals surface area (Å²) in [6.07, 6.45) is -0.715. The molecule has 0 aromatic heterocycles. The molecule has 0 spiro atoms. The van der Waals surface area contributed by atoms with E-state index >= 15 is 0 Å². The van der Waals surface area contributed by atoms with Crippen LogP contribution in [0, 0.1) is 6.92 Å². The fourth-order valence-corrected chi connectivity index (χ4v) is 3.87. The van der Waals surface area contributed by atoms with Gasteiger partial charge in [0, 0.05) is 6.42 Å². The van der Waals surface area contributed by atoms with Crippen LogP contribution >= 0.6 is 0 Å². The monoisotopic (exact) mass is 585 g/mol. The van der Waals surface area contributed by atoms with Gasteiger partial charge in [0.1, 0.15) is 22.8 Å². The molecule has 0 aliphatic heterocycles. The number of ether oxygens (including phenoxy) is 3. The Labute approximate surface area is 215 Å². The van der Waals surface area contributed by atoms with E-state index in [9.17, 15) is 14.4 Å². The van der Waals surface area contributed by atoms with Crippen LogP contribution in [0.1, 0.15) is 80.7 Å². The molecule has 0 saturated carbocycles. The summed E-state index contributed by atoms with van der Waals surface area (Å²) in [6.45, 7) is 17.7. The Hall–Kier alpha value is -1.77. The zero-order valence-electron chi connectivity index (χ0n) is 22.8. The molecule has 192 valence electrons. The van der Waals surface area contributed by atoms with Gasteiger partial charge in [-0.15, -0.1) is 0 Å². The van der Waals surface area contributed by atoms with E-state index in [1.54, 1.807) is 65.9 Å². The van der Waals surface area contributed by atoms with Crippen molar-refractivity contribution in [3.8, 4) is 0 Å². The van der Waals surface area contributed by atoms with Gasteiger partial charge in [-0.1, -0.05) is 0 Å². The third-order valence-electron chi connectivity index (χ3n) is 3.78. The second-order valence-corrected chi connectivity index (χ2v) is 14.0. The Morgan fingerprint density at radius 1 is 0.824 bits per heavy atom. The van der Waals surface area contributed by atoms with Crippen molar-refractivity contribution in [2.24, 2.45) is 0 Å². The minimum absolute atomic E-state index is 0.0308. The molecule has 1 N–H and O–H groups in total. The third-order valence-corrected chi connectivity index (χ3v) is 6.38. The van der Waals surface area contributed by atoms with Crippen LogP contribution in [0.5, 0.6) is 0 Å². The van der Waals surface area contributed by atoms with Crippen molar-refractivity contribution in [3.63, 3.8) is 0 Å². The molecule has 8 heteroatoms. The first kappa shape index (κ1) is 32.2. The standard InChI is InChI=1S/C18H33NO6.C7H7.CH3.Sn/c1-16(2,3)23-13(20)11-10-12(14(21)24-17(4,5)6)19-15(22)25-18(7,8)9;1-7-5-3-2-4-6-7;;/h12H,10-11H2,1-9H3,(H,19,22);3-6H,1H3;1H3;. The number of hydrogen-bond acceptors (Lipinski definition) is 6. The molecule has 0 aliphatic carbocycles. The Morgan fingerprint density at radius 3 is 1.71 bits per heavy atom. The number of rotatable bonds is 6. The van der Waals surface area contributed by atoms with Gasteiger partial charge in [0.15, 0.2) is 0 Å². The molecule has 1 aromatic carbocycles. The summed E-state index contributed by atoms with van der Waals surface area (Å²) >= 11 is -0.163.